The number of hydrogen-bond acceptors (Lipinski definition) is 3. The van der Waals surface area contributed by atoms with Crippen molar-refractivity contribution in [2.75, 3.05) is 6.26 Å². The quantitative estimate of drug-likeness (QED) is 0.696. The van der Waals surface area contributed by atoms with Gasteiger partial charge in [0.2, 0.25) is 0 Å². The van der Waals surface area contributed by atoms with Gasteiger partial charge in [0, 0.05) is 17.3 Å². The van der Waals surface area contributed by atoms with Gasteiger partial charge in [-0.2, -0.15) is 0 Å². The van der Waals surface area contributed by atoms with E-state index in [2.05, 4.69) is 9.97 Å². The molecule has 1 aromatic heterocycles. The molecule has 0 radical (unpaired) electrons. The number of fused-ring (bicyclic) bond motifs is 1. The van der Waals surface area contributed by atoms with Gasteiger partial charge in [-0.3, -0.25) is 4.21 Å². The number of aromatic amines is 1. The molecular weight excluding hydrogens is 367 g/mol. The first-order valence-electron chi connectivity index (χ1n) is 6.09. The molecule has 114 valence electrons. The van der Waals surface area contributed by atoms with Crippen LogP contribution < -0.4 is 4.74 Å². The highest BCUT2D eigenvalue weighted by Gasteiger charge is 2.12. The molecule has 22 heavy (non-hydrogen) atoms. The molecule has 0 amide bonds. The number of ether oxygens (including phenoxy) is 1. The van der Waals surface area contributed by atoms with Crippen LogP contribution in [0.4, 0.5) is 0 Å². The Morgan fingerprint density at radius 2 is 1.82 bits per heavy atom. The van der Waals surface area contributed by atoms with Crippen LogP contribution in [0.15, 0.2) is 35.5 Å². The predicted molar refractivity (Wildman–Crippen MR) is 90.0 cm³/mol. The van der Waals surface area contributed by atoms with E-state index in [4.69, 9.17) is 39.5 Å². The van der Waals surface area contributed by atoms with Crippen molar-refractivity contribution in [3.63, 3.8) is 0 Å². The molecule has 1 N–H and O–H groups in total. The summed E-state index contributed by atoms with van der Waals surface area (Å²) < 4.78 is 17.2. The monoisotopic (exact) mass is 374 g/mol. The van der Waals surface area contributed by atoms with Crippen molar-refractivity contribution < 1.29 is 8.95 Å². The molecule has 1 unspecified atom stereocenters. The van der Waals surface area contributed by atoms with E-state index in [9.17, 15) is 4.21 Å². The maximum absolute atomic E-state index is 11.5. The van der Waals surface area contributed by atoms with Crippen molar-refractivity contribution in [2.45, 2.75) is 5.16 Å². The molecule has 1 heterocycles. The molecule has 0 fully saturated rings. The molecule has 0 aliphatic rings. The lowest BCUT2D eigenvalue weighted by atomic mass is 10.3. The van der Waals surface area contributed by atoms with Crippen LogP contribution in [0.25, 0.3) is 11.0 Å². The zero-order valence-corrected chi connectivity index (χ0v) is 14.3. The minimum absolute atomic E-state index is 0.376. The maximum Gasteiger partial charge on any atom is 0.197 e. The smallest absolute Gasteiger partial charge is 0.197 e. The van der Waals surface area contributed by atoms with Crippen molar-refractivity contribution >= 4 is 56.6 Å². The van der Waals surface area contributed by atoms with Crippen molar-refractivity contribution in [1.29, 1.82) is 0 Å². The van der Waals surface area contributed by atoms with Gasteiger partial charge in [0.15, 0.2) is 5.16 Å². The topological polar surface area (TPSA) is 55.0 Å². The molecule has 0 bridgehead atoms. The molecule has 1 atom stereocenters. The molecule has 3 rings (SSSR count). The van der Waals surface area contributed by atoms with E-state index in [1.165, 1.54) is 0 Å². The van der Waals surface area contributed by atoms with Crippen LogP contribution in [0.5, 0.6) is 11.5 Å². The van der Waals surface area contributed by atoms with Crippen molar-refractivity contribution in [1.82, 2.24) is 9.97 Å². The van der Waals surface area contributed by atoms with Crippen LogP contribution >= 0.6 is 34.8 Å². The largest absolute Gasteiger partial charge is 0.454 e. The second kappa shape index (κ2) is 6.08. The van der Waals surface area contributed by atoms with Crippen LogP contribution in [-0.2, 0) is 10.8 Å². The summed E-state index contributed by atoms with van der Waals surface area (Å²) in [4.78, 5) is 7.19. The third-order valence-corrected chi connectivity index (χ3v) is 4.46. The molecule has 0 saturated heterocycles. The SMILES string of the molecule is CS(=O)c1nc2cc(Oc3ccc(Cl)cc3Cl)c(Cl)cc2[nH]1. The van der Waals surface area contributed by atoms with E-state index in [0.717, 1.165) is 0 Å². The number of hydrogen-bond donors (Lipinski definition) is 1. The summed E-state index contributed by atoms with van der Waals surface area (Å²) in [6.07, 6.45) is 1.55. The van der Waals surface area contributed by atoms with Gasteiger partial charge in [-0.05, 0) is 24.3 Å². The predicted octanol–water partition coefficient (Wildman–Crippen LogP) is 5.05. The third kappa shape index (κ3) is 3.08. The molecule has 0 spiro atoms. The molecular formula is C14H9Cl3N2O2S. The van der Waals surface area contributed by atoms with Crippen molar-refractivity contribution in [3.05, 3.63) is 45.4 Å². The van der Waals surface area contributed by atoms with E-state index in [1.54, 1.807) is 36.6 Å². The van der Waals surface area contributed by atoms with Gasteiger partial charge in [-0.15, -0.1) is 0 Å². The number of imidazole rings is 1. The van der Waals surface area contributed by atoms with Crippen LogP contribution in [-0.4, -0.2) is 20.4 Å². The summed E-state index contributed by atoms with van der Waals surface area (Å²) in [5, 5.41) is 1.66. The highest BCUT2D eigenvalue weighted by Crippen LogP contribution is 2.36. The zero-order chi connectivity index (χ0) is 15.9. The number of H-pyrrole nitrogens is 1. The standard InChI is InChI=1S/C14H9Cl3N2O2S/c1-22(20)14-18-10-5-9(17)13(6-11(10)19-14)21-12-3-2-7(15)4-8(12)16/h2-6H,1H3,(H,18,19). The van der Waals surface area contributed by atoms with Crippen LogP contribution in [0, 0.1) is 0 Å². The van der Waals surface area contributed by atoms with Crippen molar-refractivity contribution in [3.8, 4) is 11.5 Å². The Morgan fingerprint density at radius 3 is 2.50 bits per heavy atom. The van der Waals surface area contributed by atoms with Gasteiger partial charge < -0.3 is 9.72 Å². The highest BCUT2D eigenvalue weighted by atomic mass is 35.5. The first kappa shape index (κ1) is 15.6. The third-order valence-electron chi connectivity index (χ3n) is 2.90. The Kier molecular flexibility index (Phi) is 4.32. The van der Waals surface area contributed by atoms with Gasteiger partial charge in [0.25, 0.3) is 0 Å². The Balaban J connectivity index is 2.03. The second-order valence-electron chi connectivity index (χ2n) is 4.47. The Hall–Kier alpha value is -1.27. The summed E-state index contributed by atoms with van der Waals surface area (Å²) in [6.45, 7) is 0. The maximum atomic E-state index is 11.5. The van der Waals surface area contributed by atoms with Gasteiger partial charge in [0.1, 0.15) is 11.5 Å². The Bertz CT molecular complexity index is 895. The fourth-order valence-electron chi connectivity index (χ4n) is 1.88. The Labute approximate surface area is 143 Å². The highest BCUT2D eigenvalue weighted by molar-refractivity contribution is 7.84. The minimum Gasteiger partial charge on any atom is -0.454 e. The van der Waals surface area contributed by atoms with E-state index in [1.807, 2.05) is 0 Å². The minimum atomic E-state index is -1.21. The summed E-state index contributed by atoms with van der Waals surface area (Å²) in [7, 11) is -1.21. The van der Waals surface area contributed by atoms with E-state index in [0.29, 0.717) is 42.8 Å². The van der Waals surface area contributed by atoms with E-state index in [-0.39, 0.29) is 0 Å². The van der Waals surface area contributed by atoms with Gasteiger partial charge in [0.05, 0.1) is 31.9 Å². The summed E-state index contributed by atoms with van der Waals surface area (Å²) >= 11 is 18.1. The molecule has 0 aliphatic carbocycles. The number of nitrogens with one attached hydrogen (secondary N) is 1. The number of nitrogens with zero attached hydrogens (tertiary/aromatic N) is 1. The molecule has 4 nitrogen and oxygen atoms in total. The lowest BCUT2D eigenvalue weighted by Gasteiger charge is -2.09. The van der Waals surface area contributed by atoms with Gasteiger partial charge in [-0.1, -0.05) is 34.8 Å². The molecule has 8 heteroatoms. The summed E-state index contributed by atoms with van der Waals surface area (Å²) in [5.41, 5.74) is 1.29. The molecule has 3 aromatic rings. The zero-order valence-electron chi connectivity index (χ0n) is 11.2. The number of benzene rings is 2. The van der Waals surface area contributed by atoms with Gasteiger partial charge >= 0.3 is 0 Å². The molecule has 0 saturated carbocycles. The fraction of sp³-hybridized carbons (Fsp3) is 0.0714. The number of halogens is 3. The normalized spacial score (nSPS) is 12.5. The Morgan fingerprint density at radius 1 is 1.09 bits per heavy atom. The average molecular weight is 376 g/mol. The molecule has 0 aliphatic heterocycles. The first-order valence-corrected chi connectivity index (χ1v) is 8.79. The van der Waals surface area contributed by atoms with Gasteiger partial charge in [-0.25, -0.2) is 4.98 Å². The lowest BCUT2D eigenvalue weighted by Crippen LogP contribution is -1.88. The van der Waals surface area contributed by atoms with Crippen LogP contribution in [0.2, 0.25) is 15.1 Å². The van der Waals surface area contributed by atoms with Crippen molar-refractivity contribution in [2.24, 2.45) is 0 Å². The second-order valence-corrected chi connectivity index (χ2v) is 7.02. The van der Waals surface area contributed by atoms with E-state index < -0.39 is 10.8 Å². The first-order chi connectivity index (χ1) is 10.4. The number of rotatable bonds is 3. The summed E-state index contributed by atoms with van der Waals surface area (Å²) in [6, 6.07) is 8.23. The van der Waals surface area contributed by atoms with E-state index >= 15 is 0 Å². The fourth-order valence-corrected chi connectivity index (χ4v) is 3.01. The lowest BCUT2D eigenvalue weighted by molar-refractivity contribution is 0.484. The van der Waals surface area contributed by atoms with Crippen LogP contribution in [0.3, 0.4) is 0 Å². The van der Waals surface area contributed by atoms with Crippen LogP contribution in [0.1, 0.15) is 0 Å². The molecule has 2 aromatic carbocycles. The number of aromatic nitrogens is 2. The average Bonchev–Trinajstić information content (AvgIpc) is 2.85. The summed E-state index contributed by atoms with van der Waals surface area (Å²) in [5.74, 6) is 0.834.